The lowest BCUT2D eigenvalue weighted by molar-refractivity contribution is 0.247. The molecule has 1 atom stereocenters. The van der Waals surface area contributed by atoms with Crippen LogP contribution in [-0.4, -0.2) is 36.6 Å². The van der Waals surface area contributed by atoms with Crippen molar-refractivity contribution in [2.45, 2.75) is 44.6 Å². The predicted molar refractivity (Wildman–Crippen MR) is 88.2 cm³/mol. The van der Waals surface area contributed by atoms with E-state index < -0.39 is 0 Å². The fourth-order valence-electron chi connectivity index (χ4n) is 3.78. The van der Waals surface area contributed by atoms with Crippen molar-refractivity contribution in [1.82, 2.24) is 10.2 Å². The van der Waals surface area contributed by atoms with Gasteiger partial charge in [0.2, 0.25) is 0 Å². The van der Waals surface area contributed by atoms with E-state index in [2.05, 4.69) is 27.7 Å². The number of nitrogens with one attached hydrogen (secondary N) is 2. The van der Waals surface area contributed by atoms with E-state index in [1.54, 1.807) is 0 Å². The van der Waals surface area contributed by atoms with E-state index >= 15 is 0 Å². The summed E-state index contributed by atoms with van der Waals surface area (Å²) in [5.74, 6) is 0.930. The zero-order valence-corrected chi connectivity index (χ0v) is 13.1. The number of carbonyl (C=O) groups excluding carboxylic acids is 1. The minimum Gasteiger partial charge on any atom is -0.334 e. The van der Waals surface area contributed by atoms with Crippen LogP contribution in [0.3, 0.4) is 0 Å². The number of urea groups is 1. The van der Waals surface area contributed by atoms with Crippen LogP contribution in [0.1, 0.15) is 36.8 Å². The lowest BCUT2D eigenvalue weighted by atomic mass is 10.1. The van der Waals surface area contributed by atoms with Gasteiger partial charge >= 0.3 is 6.03 Å². The van der Waals surface area contributed by atoms with E-state index in [4.69, 9.17) is 0 Å². The molecule has 2 amide bonds. The minimum absolute atomic E-state index is 0.0591. The highest BCUT2D eigenvalue weighted by Crippen LogP contribution is 2.30. The number of amides is 2. The molecule has 1 saturated heterocycles. The maximum atomic E-state index is 12.2. The number of carbonyl (C=O) groups is 1. The van der Waals surface area contributed by atoms with Crippen molar-refractivity contribution in [3.63, 3.8) is 0 Å². The largest absolute Gasteiger partial charge is 0.334 e. The SMILES string of the molecule is O=C(Nc1ccc2c(c1)CCC2)NC1CCN(CC2CC2)C1. The summed E-state index contributed by atoms with van der Waals surface area (Å²) in [7, 11) is 0. The highest BCUT2D eigenvalue weighted by molar-refractivity contribution is 5.89. The molecule has 2 N–H and O–H groups in total. The highest BCUT2D eigenvalue weighted by Gasteiger charge is 2.29. The smallest absolute Gasteiger partial charge is 0.319 e. The van der Waals surface area contributed by atoms with Gasteiger partial charge in [-0.3, -0.25) is 0 Å². The number of fused-ring (bicyclic) bond motifs is 1. The second-order valence-corrected chi connectivity index (χ2v) is 7.12. The summed E-state index contributed by atoms with van der Waals surface area (Å²) in [6.07, 6.45) is 7.43. The quantitative estimate of drug-likeness (QED) is 0.898. The molecule has 3 aliphatic rings. The van der Waals surface area contributed by atoms with Gasteiger partial charge < -0.3 is 15.5 Å². The van der Waals surface area contributed by atoms with Crippen LogP contribution in [0.2, 0.25) is 0 Å². The zero-order chi connectivity index (χ0) is 14.9. The summed E-state index contributed by atoms with van der Waals surface area (Å²) in [6.45, 7) is 3.36. The van der Waals surface area contributed by atoms with E-state index in [0.29, 0.717) is 6.04 Å². The second kappa shape index (κ2) is 5.92. The Morgan fingerprint density at radius 2 is 2.05 bits per heavy atom. The summed E-state index contributed by atoms with van der Waals surface area (Å²) in [5, 5.41) is 6.12. The van der Waals surface area contributed by atoms with E-state index in [1.807, 2.05) is 6.07 Å². The van der Waals surface area contributed by atoms with Crippen LogP contribution in [0.4, 0.5) is 10.5 Å². The molecule has 0 spiro atoms. The van der Waals surface area contributed by atoms with Gasteiger partial charge in [0.25, 0.3) is 0 Å². The molecule has 22 heavy (non-hydrogen) atoms. The first-order valence-electron chi connectivity index (χ1n) is 8.68. The molecule has 4 rings (SSSR count). The Balaban J connectivity index is 1.27. The number of hydrogen-bond donors (Lipinski definition) is 2. The molecule has 1 saturated carbocycles. The predicted octanol–water partition coefficient (Wildman–Crippen LogP) is 2.78. The number of rotatable bonds is 4. The van der Waals surface area contributed by atoms with Crippen molar-refractivity contribution in [2.24, 2.45) is 5.92 Å². The van der Waals surface area contributed by atoms with Crippen molar-refractivity contribution < 1.29 is 4.79 Å². The van der Waals surface area contributed by atoms with Gasteiger partial charge in [0, 0.05) is 31.4 Å². The average molecular weight is 299 g/mol. The van der Waals surface area contributed by atoms with E-state index in [0.717, 1.165) is 37.5 Å². The van der Waals surface area contributed by atoms with Crippen LogP contribution in [0.15, 0.2) is 18.2 Å². The van der Waals surface area contributed by atoms with Crippen molar-refractivity contribution in [3.05, 3.63) is 29.3 Å². The van der Waals surface area contributed by atoms with Gasteiger partial charge in [-0.25, -0.2) is 4.79 Å². The fraction of sp³-hybridized carbons (Fsp3) is 0.611. The standard InChI is InChI=1S/C18H25N3O/c22-18(19-16-7-6-14-2-1-3-15(14)10-16)20-17-8-9-21(12-17)11-13-4-5-13/h6-7,10,13,17H,1-5,8-9,11-12H2,(H2,19,20,22). The van der Waals surface area contributed by atoms with Crippen molar-refractivity contribution >= 4 is 11.7 Å². The highest BCUT2D eigenvalue weighted by atomic mass is 16.2. The average Bonchev–Trinajstić information content (AvgIpc) is 3.00. The third-order valence-electron chi connectivity index (χ3n) is 5.18. The Labute approximate surface area is 132 Å². The summed E-state index contributed by atoms with van der Waals surface area (Å²) >= 11 is 0. The van der Waals surface area contributed by atoms with Gasteiger partial charge in [-0.05, 0) is 67.7 Å². The molecular formula is C18H25N3O. The number of benzene rings is 1. The number of nitrogens with zero attached hydrogens (tertiary/aromatic N) is 1. The van der Waals surface area contributed by atoms with E-state index in [-0.39, 0.29) is 6.03 Å². The van der Waals surface area contributed by atoms with Gasteiger partial charge in [0.15, 0.2) is 0 Å². The Bertz CT molecular complexity index is 567. The monoisotopic (exact) mass is 299 g/mol. The van der Waals surface area contributed by atoms with Crippen molar-refractivity contribution in [1.29, 1.82) is 0 Å². The number of aryl methyl sites for hydroxylation is 2. The molecule has 118 valence electrons. The molecule has 2 fully saturated rings. The van der Waals surface area contributed by atoms with Gasteiger partial charge in [0.05, 0.1) is 0 Å². The van der Waals surface area contributed by atoms with Crippen LogP contribution >= 0.6 is 0 Å². The first-order valence-corrected chi connectivity index (χ1v) is 8.68. The molecule has 1 aliphatic heterocycles. The fourth-order valence-corrected chi connectivity index (χ4v) is 3.78. The second-order valence-electron chi connectivity index (χ2n) is 7.12. The first-order chi connectivity index (χ1) is 10.8. The molecular weight excluding hydrogens is 274 g/mol. The lowest BCUT2D eigenvalue weighted by Gasteiger charge is -2.16. The van der Waals surface area contributed by atoms with E-state index in [9.17, 15) is 4.79 Å². The number of anilines is 1. The molecule has 1 aromatic rings. The van der Waals surface area contributed by atoms with Crippen LogP contribution in [0.25, 0.3) is 0 Å². The third-order valence-corrected chi connectivity index (χ3v) is 5.18. The summed E-state index contributed by atoms with van der Waals surface area (Å²) in [5.41, 5.74) is 3.76. The summed E-state index contributed by atoms with van der Waals surface area (Å²) in [4.78, 5) is 14.7. The maximum Gasteiger partial charge on any atom is 0.319 e. The molecule has 4 nitrogen and oxygen atoms in total. The third kappa shape index (κ3) is 3.27. The number of hydrogen-bond acceptors (Lipinski definition) is 2. The topological polar surface area (TPSA) is 44.4 Å². The van der Waals surface area contributed by atoms with E-state index in [1.165, 1.54) is 43.4 Å². The molecule has 0 radical (unpaired) electrons. The zero-order valence-electron chi connectivity index (χ0n) is 13.1. The summed E-state index contributed by atoms with van der Waals surface area (Å²) < 4.78 is 0. The number of likely N-dealkylation sites (tertiary alicyclic amines) is 1. The molecule has 1 aromatic carbocycles. The summed E-state index contributed by atoms with van der Waals surface area (Å²) in [6, 6.07) is 6.56. The van der Waals surface area contributed by atoms with Crippen LogP contribution in [-0.2, 0) is 12.8 Å². The Morgan fingerprint density at radius 1 is 1.18 bits per heavy atom. The minimum atomic E-state index is -0.0591. The molecule has 4 heteroatoms. The lowest BCUT2D eigenvalue weighted by Crippen LogP contribution is -2.39. The maximum absolute atomic E-state index is 12.2. The molecule has 0 aromatic heterocycles. The Morgan fingerprint density at radius 3 is 2.91 bits per heavy atom. The van der Waals surface area contributed by atoms with Gasteiger partial charge in [0.1, 0.15) is 0 Å². The molecule has 1 unspecified atom stereocenters. The first kappa shape index (κ1) is 14.1. The van der Waals surface area contributed by atoms with Crippen molar-refractivity contribution in [3.8, 4) is 0 Å². The molecule has 2 aliphatic carbocycles. The molecule has 1 heterocycles. The normalized spacial score (nSPS) is 24.3. The van der Waals surface area contributed by atoms with Crippen LogP contribution in [0.5, 0.6) is 0 Å². The Kier molecular flexibility index (Phi) is 3.78. The Hall–Kier alpha value is -1.55. The van der Waals surface area contributed by atoms with Crippen LogP contribution < -0.4 is 10.6 Å². The van der Waals surface area contributed by atoms with Gasteiger partial charge in [-0.1, -0.05) is 6.07 Å². The van der Waals surface area contributed by atoms with Crippen LogP contribution in [0, 0.1) is 5.92 Å². The van der Waals surface area contributed by atoms with Gasteiger partial charge in [-0.2, -0.15) is 0 Å². The van der Waals surface area contributed by atoms with Crippen molar-refractivity contribution in [2.75, 3.05) is 25.0 Å². The molecule has 0 bridgehead atoms. The van der Waals surface area contributed by atoms with Gasteiger partial charge in [-0.15, -0.1) is 0 Å².